The molecule has 7 nitrogen and oxygen atoms in total. The van der Waals surface area contributed by atoms with E-state index in [4.69, 9.17) is 4.74 Å². The molecule has 4 rings (SSSR count). The molecule has 2 aliphatic carbocycles. The van der Waals surface area contributed by atoms with Crippen LogP contribution in [0.5, 0.6) is 0 Å². The molecule has 0 heterocycles. The van der Waals surface area contributed by atoms with Crippen LogP contribution >= 0.6 is 0 Å². The Labute approximate surface area is 200 Å². The van der Waals surface area contributed by atoms with E-state index in [1.807, 2.05) is 50.2 Å². The van der Waals surface area contributed by atoms with Crippen LogP contribution in [0.15, 0.2) is 48.5 Å². The molecule has 1 atom stereocenters. The van der Waals surface area contributed by atoms with Crippen LogP contribution in [0.2, 0.25) is 0 Å². The number of carbonyl (C=O) groups is 3. The molecule has 0 saturated heterocycles. The second-order valence-electron chi connectivity index (χ2n) is 9.74. The Hall–Kier alpha value is -3.35. The fourth-order valence-electron chi connectivity index (χ4n) is 5.12. The van der Waals surface area contributed by atoms with Gasteiger partial charge in [-0.2, -0.15) is 0 Å². The first-order chi connectivity index (χ1) is 16.2. The summed E-state index contributed by atoms with van der Waals surface area (Å²) in [5.41, 5.74) is 3.32. The summed E-state index contributed by atoms with van der Waals surface area (Å²) >= 11 is 0. The van der Waals surface area contributed by atoms with Gasteiger partial charge in [0.25, 0.3) is 0 Å². The van der Waals surface area contributed by atoms with Gasteiger partial charge in [-0.25, -0.2) is 9.59 Å². The summed E-state index contributed by atoms with van der Waals surface area (Å²) in [6.45, 7) is 4.06. The second-order valence-corrected chi connectivity index (χ2v) is 9.74. The van der Waals surface area contributed by atoms with Crippen LogP contribution in [-0.4, -0.2) is 53.2 Å². The van der Waals surface area contributed by atoms with Crippen molar-refractivity contribution in [2.45, 2.75) is 57.0 Å². The molecular formula is C27H32N2O5. The molecule has 1 fully saturated rings. The van der Waals surface area contributed by atoms with E-state index in [2.05, 4.69) is 17.4 Å². The lowest BCUT2D eigenvalue weighted by atomic mass is 9.75. The zero-order valence-corrected chi connectivity index (χ0v) is 19.9. The highest BCUT2D eigenvalue weighted by Gasteiger charge is 2.51. The number of rotatable bonds is 8. The van der Waals surface area contributed by atoms with E-state index in [0.29, 0.717) is 19.3 Å². The Morgan fingerprint density at radius 2 is 1.62 bits per heavy atom. The predicted octanol–water partition coefficient (Wildman–Crippen LogP) is 4.41. The van der Waals surface area contributed by atoms with Gasteiger partial charge >= 0.3 is 12.1 Å². The first-order valence-electron chi connectivity index (χ1n) is 11.9. The van der Waals surface area contributed by atoms with Crippen LogP contribution in [0, 0.1) is 5.92 Å². The Bertz CT molecular complexity index is 1050. The molecule has 1 saturated carbocycles. The average molecular weight is 465 g/mol. The summed E-state index contributed by atoms with van der Waals surface area (Å²) < 4.78 is 5.62. The quantitative estimate of drug-likeness (QED) is 0.604. The van der Waals surface area contributed by atoms with Gasteiger partial charge < -0.3 is 20.1 Å². The number of hydrogen-bond donors (Lipinski definition) is 2. The fourth-order valence-corrected chi connectivity index (χ4v) is 5.12. The highest BCUT2D eigenvalue weighted by Crippen LogP contribution is 2.44. The lowest BCUT2D eigenvalue weighted by Gasteiger charge is -2.46. The number of carboxylic acid groups (broad SMARTS) is 1. The van der Waals surface area contributed by atoms with Crippen molar-refractivity contribution in [3.63, 3.8) is 0 Å². The van der Waals surface area contributed by atoms with E-state index in [9.17, 15) is 19.5 Å². The van der Waals surface area contributed by atoms with Crippen molar-refractivity contribution >= 4 is 18.0 Å². The number of alkyl carbamates (subject to hydrolysis) is 1. The average Bonchev–Trinajstić information content (AvgIpc) is 3.09. The van der Waals surface area contributed by atoms with Gasteiger partial charge in [0.1, 0.15) is 18.2 Å². The third-order valence-electron chi connectivity index (χ3n) is 7.19. The maximum Gasteiger partial charge on any atom is 0.407 e. The number of fused-ring (bicyclic) bond motifs is 3. The Kier molecular flexibility index (Phi) is 6.64. The molecule has 2 aromatic carbocycles. The number of hydrogen-bond acceptors (Lipinski definition) is 4. The van der Waals surface area contributed by atoms with Gasteiger partial charge in [0.2, 0.25) is 5.91 Å². The lowest BCUT2D eigenvalue weighted by molar-refractivity contribution is -0.165. The van der Waals surface area contributed by atoms with Gasteiger partial charge in [-0.05, 0) is 53.9 Å². The van der Waals surface area contributed by atoms with Crippen LogP contribution in [0.1, 0.15) is 56.6 Å². The van der Waals surface area contributed by atoms with Crippen molar-refractivity contribution in [2.24, 2.45) is 5.92 Å². The highest BCUT2D eigenvalue weighted by molar-refractivity contribution is 5.91. The van der Waals surface area contributed by atoms with Crippen molar-refractivity contribution in [3.8, 4) is 11.1 Å². The molecule has 0 bridgehead atoms. The van der Waals surface area contributed by atoms with Crippen LogP contribution in [0.25, 0.3) is 11.1 Å². The minimum Gasteiger partial charge on any atom is -0.479 e. The minimum atomic E-state index is -1.19. The van der Waals surface area contributed by atoms with Gasteiger partial charge in [-0.1, -0.05) is 62.4 Å². The fraction of sp³-hybridized carbons (Fsp3) is 0.444. The Morgan fingerprint density at radius 1 is 1.06 bits per heavy atom. The van der Waals surface area contributed by atoms with Crippen molar-refractivity contribution in [1.82, 2.24) is 10.2 Å². The second kappa shape index (κ2) is 9.49. The Balaban J connectivity index is 1.45. The third-order valence-corrected chi connectivity index (χ3v) is 7.19. The number of nitrogens with zero attached hydrogens (tertiary/aromatic N) is 1. The number of ether oxygens (including phenoxy) is 1. The normalized spacial score (nSPS) is 16.7. The monoisotopic (exact) mass is 464 g/mol. The van der Waals surface area contributed by atoms with Crippen molar-refractivity contribution in [1.29, 1.82) is 0 Å². The topological polar surface area (TPSA) is 95.9 Å². The number of nitrogens with one attached hydrogen (secondary N) is 1. The summed E-state index contributed by atoms with van der Waals surface area (Å²) in [7, 11) is 1.52. The molecule has 7 heteroatoms. The van der Waals surface area contributed by atoms with E-state index in [1.54, 1.807) is 0 Å². The summed E-state index contributed by atoms with van der Waals surface area (Å²) in [6.07, 6.45) is 1.32. The maximum atomic E-state index is 13.2. The lowest BCUT2D eigenvalue weighted by Crippen LogP contribution is -2.63. The van der Waals surface area contributed by atoms with E-state index >= 15 is 0 Å². The third kappa shape index (κ3) is 4.27. The molecule has 34 heavy (non-hydrogen) atoms. The van der Waals surface area contributed by atoms with E-state index < -0.39 is 29.6 Å². The van der Waals surface area contributed by atoms with Crippen LogP contribution < -0.4 is 5.32 Å². The molecule has 2 aliphatic rings. The van der Waals surface area contributed by atoms with Crippen molar-refractivity contribution in [3.05, 3.63) is 59.7 Å². The van der Waals surface area contributed by atoms with Gasteiger partial charge in [-0.15, -0.1) is 0 Å². The molecule has 2 N–H and O–H groups in total. The first kappa shape index (κ1) is 23.8. The smallest absolute Gasteiger partial charge is 0.407 e. The molecule has 2 amide bonds. The summed E-state index contributed by atoms with van der Waals surface area (Å²) in [4.78, 5) is 39.2. The van der Waals surface area contributed by atoms with Crippen molar-refractivity contribution < 1.29 is 24.2 Å². The SMILES string of the molecule is CC(C)C[C@@H](NC(=O)OCC1c2ccccc2-c2ccccc21)C(=O)N(C)C1(C(=O)O)CCC1. The van der Waals surface area contributed by atoms with E-state index in [1.165, 1.54) is 11.9 Å². The zero-order chi connectivity index (χ0) is 24.5. The summed E-state index contributed by atoms with van der Waals surface area (Å²) in [6, 6.07) is 15.3. The van der Waals surface area contributed by atoms with Gasteiger partial charge in [0.15, 0.2) is 0 Å². The predicted molar refractivity (Wildman–Crippen MR) is 128 cm³/mol. The summed E-state index contributed by atoms with van der Waals surface area (Å²) in [5.74, 6) is -1.35. The number of likely N-dealkylation sites (N-methyl/N-ethyl adjacent to an activating group) is 1. The number of carboxylic acids is 1. The van der Waals surface area contributed by atoms with Gasteiger partial charge in [0.05, 0.1) is 0 Å². The van der Waals surface area contributed by atoms with E-state index in [-0.39, 0.29) is 18.4 Å². The number of amides is 2. The zero-order valence-electron chi connectivity index (χ0n) is 19.9. The van der Waals surface area contributed by atoms with Crippen molar-refractivity contribution in [2.75, 3.05) is 13.7 Å². The number of aliphatic carboxylic acids is 1. The van der Waals surface area contributed by atoms with Crippen LogP contribution in [0.4, 0.5) is 4.79 Å². The van der Waals surface area contributed by atoms with Gasteiger partial charge in [-0.3, -0.25) is 4.79 Å². The minimum absolute atomic E-state index is 0.0784. The molecular weight excluding hydrogens is 432 g/mol. The maximum absolute atomic E-state index is 13.2. The molecule has 0 spiro atoms. The van der Waals surface area contributed by atoms with Gasteiger partial charge in [0, 0.05) is 13.0 Å². The highest BCUT2D eigenvalue weighted by atomic mass is 16.5. The molecule has 0 aromatic heterocycles. The Morgan fingerprint density at radius 3 is 2.09 bits per heavy atom. The molecule has 2 aromatic rings. The number of carbonyl (C=O) groups excluding carboxylic acids is 2. The first-order valence-corrected chi connectivity index (χ1v) is 11.9. The standard InChI is InChI=1S/C27H32N2O5/c1-17(2)15-23(24(30)29(3)27(25(31)32)13-8-14-27)28-26(33)34-16-22-20-11-6-4-9-18(20)19-10-5-7-12-21(19)22/h4-7,9-12,17,22-23H,8,13-16H2,1-3H3,(H,28,33)(H,31,32)/t23-/m1/s1. The molecule has 180 valence electrons. The van der Waals surface area contributed by atoms with Crippen LogP contribution in [-0.2, 0) is 14.3 Å². The number of benzene rings is 2. The molecule has 0 aliphatic heterocycles. The summed E-state index contributed by atoms with van der Waals surface area (Å²) in [5, 5.41) is 12.4. The van der Waals surface area contributed by atoms with Crippen LogP contribution in [0.3, 0.4) is 0 Å². The van der Waals surface area contributed by atoms with E-state index in [0.717, 1.165) is 28.7 Å². The largest absolute Gasteiger partial charge is 0.479 e. The molecule has 0 unspecified atom stereocenters. The molecule has 0 radical (unpaired) electrons.